The van der Waals surface area contributed by atoms with Gasteiger partial charge in [0.2, 0.25) is 5.88 Å². The molecule has 1 aliphatic carbocycles. The zero-order valence-corrected chi connectivity index (χ0v) is 15.2. The fraction of sp³-hybridized carbons (Fsp3) is 0.556. The molecule has 8 nitrogen and oxygen atoms in total. The van der Waals surface area contributed by atoms with E-state index in [1.165, 1.54) is 17.4 Å². The van der Waals surface area contributed by atoms with Gasteiger partial charge in [0.1, 0.15) is 18.0 Å². The van der Waals surface area contributed by atoms with Crippen LogP contribution in [0.5, 0.6) is 5.88 Å². The van der Waals surface area contributed by atoms with Gasteiger partial charge in [0, 0.05) is 44.4 Å². The minimum absolute atomic E-state index is 0.0233. The Hall–Kier alpha value is -2.64. The third-order valence-corrected chi connectivity index (χ3v) is 5.19. The quantitative estimate of drug-likeness (QED) is 0.797. The molecule has 138 valence electrons. The van der Waals surface area contributed by atoms with Gasteiger partial charge in [0.25, 0.3) is 5.56 Å². The second-order valence-electron chi connectivity index (χ2n) is 6.97. The van der Waals surface area contributed by atoms with E-state index in [4.69, 9.17) is 4.74 Å². The van der Waals surface area contributed by atoms with Gasteiger partial charge >= 0.3 is 0 Å². The van der Waals surface area contributed by atoms with Crippen molar-refractivity contribution in [3.05, 3.63) is 35.1 Å². The Labute approximate surface area is 152 Å². The molecule has 0 atom stereocenters. The standard InChI is InChI=1S/C18H24N6O2/c1-22-12-21-15(10-18(22)25)23-7-5-14(6-8-23)24(13-3-4-13)16-9-17(26-2)20-11-19-16/h9-14H,3-8H2,1-2H3. The molecule has 8 heteroatoms. The van der Waals surface area contributed by atoms with Crippen LogP contribution < -0.4 is 20.1 Å². The topological polar surface area (TPSA) is 76.4 Å². The lowest BCUT2D eigenvalue weighted by Gasteiger charge is -2.39. The van der Waals surface area contributed by atoms with Crippen LogP contribution in [0.4, 0.5) is 11.6 Å². The SMILES string of the molecule is COc1cc(N(C2CC2)C2CCN(c3cc(=O)n(C)cn3)CC2)ncn1. The van der Waals surface area contributed by atoms with Gasteiger partial charge in [-0.15, -0.1) is 0 Å². The average molecular weight is 356 g/mol. The fourth-order valence-electron chi connectivity index (χ4n) is 3.61. The number of piperidine rings is 1. The summed E-state index contributed by atoms with van der Waals surface area (Å²) < 4.78 is 6.76. The molecule has 1 saturated heterocycles. The molecule has 0 spiro atoms. The van der Waals surface area contributed by atoms with Crippen molar-refractivity contribution in [2.75, 3.05) is 30.0 Å². The maximum absolute atomic E-state index is 11.9. The van der Waals surface area contributed by atoms with E-state index in [-0.39, 0.29) is 5.56 Å². The van der Waals surface area contributed by atoms with E-state index in [0.717, 1.165) is 37.6 Å². The van der Waals surface area contributed by atoms with E-state index in [1.54, 1.807) is 32.9 Å². The number of methoxy groups -OCH3 is 1. The Kier molecular flexibility index (Phi) is 4.48. The number of aromatic nitrogens is 4. The summed E-state index contributed by atoms with van der Waals surface area (Å²) in [5.41, 5.74) is -0.0233. The highest BCUT2D eigenvalue weighted by molar-refractivity contribution is 5.46. The summed E-state index contributed by atoms with van der Waals surface area (Å²) in [5.74, 6) is 2.32. The number of hydrogen-bond donors (Lipinski definition) is 0. The van der Waals surface area contributed by atoms with Gasteiger partial charge in [0.05, 0.1) is 13.4 Å². The number of rotatable bonds is 5. The van der Waals surface area contributed by atoms with Crippen molar-refractivity contribution in [3.8, 4) is 5.88 Å². The van der Waals surface area contributed by atoms with Gasteiger partial charge in [0.15, 0.2) is 0 Å². The van der Waals surface area contributed by atoms with Crippen molar-refractivity contribution in [2.45, 2.75) is 37.8 Å². The third-order valence-electron chi connectivity index (χ3n) is 5.19. The third kappa shape index (κ3) is 3.36. The lowest BCUT2D eigenvalue weighted by atomic mass is 10.0. The van der Waals surface area contributed by atoms with E-state index >= 15 is 0 Å². The first-order valence-electron chi connectivity index (χ1n) is 9.07. The molecular formula is C18H24N6O2. The molecule has 2 aromatic heterocycles. The van der Waals surface area contributed by atoms with E-state index in [1.807, 2.05) is 6.07 Å². The van der Waals surface area contributed by atoms with Crippen LogP contribution >= 0.6 is 0 Å². The molecule has 2 aromatic rings. The lowest BCUT2D eigenvalue weighted by Crippen LogP contribution is -2.47. The van der Waals surface area contributed by atoms with Crippen molar-refractivity contribution in [3.63, 3.8) is 0 Å². The first-order chi connectivity index (χ1) is 12.7. The highest BCUT2D eigenvalue weighted by atomic mass is 16.5. The second kappa shape index (κ2) is 6.93. The number of anilines is 2. The monoisotopic (exact) mass is 356 g/mol. The predicted octanol–water partition coefficient (Wildman–Crippen LogP) is 1.22. The van der Waals surface area contributed by atoms with Crippen molar-refractivity contribution >= 4 is 11.6 Å². The van der Waals surface area contributed by atoms with E-state index < -0.39 is 0 Å². The van der Waals surface area contributed by atoms with E-state index in [9.17, 15) is 4.79 Å². The highest BCUT2D eigenvalue weighted by Crippen LogP contribution is 2.36. The molecule has 1 aliphatic heterocycles. The van der Waals surface area contributed by atoms with Crippen LogP contribution in [0.1, 0.15) is 25.7 Å². The van der Waals surface area contributed by atoms with Crippen LogP contribution in [0.25, 0.3) is 0 Å². The molecule has 0 aromatic carbocycles. The minimum atomic E-state index is -0.0233. The Morgan fingerprint density at radius 2 is 1.81 bits per heavy atom. The fourth-order valence-corrected chi connectivity index (χ4v) is 3.61. The van der Waals surface area contributed by atoms with E-state index in [0.29, 0.717) is 18.0 Å². The van der Waals surface area contributed by atoms with Crippen LogP contribution in [0.3, 0.4) is 0 Å². The molecule has 3 heterocycles. The minimum Gasteiger partial charge on any atom is -0.481 e. The van der Waals surface area contributed by atoms with Gasteiger partial charge in [-0.25, -0.2) is 15.0 Å². The summed E-state index contributed by atoms with van der Waals surface area (Å²) in [4.78, 5) is 29.5. The smallest absolute Gasteiger partial charge is 0.255 e. The molecule has 0 bridgehead atoms. The molecule has 2 fully saturated rings. The zero-order valence-electron chi connectivity index (χ0n) is 15.2. The molecular weight excluding hydrogens is 332 g/mol. The Morgan fingerprint density at radius 3 is 2.46 bits per heavy atom. The maximum Gasteiger partial charge on any atom is 0.255 e. The van der Waals surface area contributed by atoms with Crippen molar-refractivity contribution in [1.82, 2.24) is 19.5 Å². The first-order valence-corrected chi connectivity index (χ1v) is 9.07. The summed E-state index contributed by atoms with van der Waals surface area (Å²) in [6, 6.07) is 4.54. The Morgan fingerprint density at radius 1 is 1.08 bits per heavy atom. The first kappa shape index (κ1) is 16.8. The van der Waals surface area contributed by atoms with Gasteiger partial charge in [-0.1, -0.05) is 0 Å². The van der Waals surface area contributed by atoms with Crippen LogP contribution in [-0.4, -0.2) is 51.8 Å². The van der Waals surface area contributed by atoms with Crippen molar-refractivity contribution in [2.24, 2.45) is 7.05 Å². The zero-order chi connectivity index (χ0) is 18.1. The summed E-state index contributed by atoms with van der Waals surface area (Å²) in [6.07, 6.45) is 7.61. The lowest BCUT2D eigenvalue weighted by molar-refractivity contribution is 0.395. The largest absolute Gasteiger partial charge is 0.481 e. The van der Waals surface area contributed by atoms with Crippen LogP contribution in [0.15, 0.2) is 29.6 Å². The van der Waals surface area contributed by atoms with Gasteiger partial charge in [-0.2, -0.15) is 0 Å². The molecule has 0 amide bonds. The van der Waals surface area contributed by atoms with Crippen molar-refractivity contribution < 1.29 is 4.74 Å². The maximum atomic E-state index is 11.9. The highest BCUT2D eigenvalue weighted by Gasteiger charge is 2.36. The molecule has 1 saturated carbocycles. The summed E-state index contributed by atoms with van der Waals surface area (Å²) in [5, 5.41) is 0. The summed E-state index contributed by atoms with van der Waals surface area (Å²) >= 11 is 0. The molecule has 2 aliphatic rings. The summed E-state index contributed by atoms with van der Waals surface area (Å²) in [6.45, 7) is 1.77. The van der Waals surface area contributed by atoms with Crippen LogP contribution in [-0.2, 0) is 7.05 Å². The van der Waals surface area contributed by atoms with Crippen LogP contribution in [0.2, 0.25) is 0 Å². The molecule has 0 radical (unpaired) electrons. The number of ether oxygens (including phenoxy) is 1. The second-order valence-corrected chi connectivity index (χ2v) is 6.97. The molecule has 26 heavy (non-hydrogen) atoms. The van der Waals surface area contributed by atoms with Gasteiger partial charge in [-0.05, 0) is 25.7 Å². The number of hydrogen-bond acceptors (Lipinski definition) is 7. The average Bonchev–Trinajstić information content (AvgIpc) is 3.50. The van der Waals surface area contributed by atoms with Gasteiger partial charge in [-0.3, -0.25) is 4.79 Å². The molecule has 0 unspecified atom stereocenters. The predicted molar refractivity (Wildman–Crippen MR) is 98.8 cm³/mol. The van der Waals surface area contributed by atoms with Gasteiger partial charge < -0.3 is 19.1 Å². The van der Waals surface area contributed by atoms with Crippen LogP contribution in [0, 0.1) is 0 Å². The summed E-state index contributed by atoms with van der Waals surface area (Å²) in [7, 11) is 3.35. The molecule has 4 rings (SSSR count). The Bertz CT molecular complexity index is 826. The number of nitrogens with zero attached hydrogens (tertiary/aromatic N) is 6. The number of aryl methyl sites for hydroxylation is 1. The van der Waals surface area contributed by atoms with Crippen molar-refractivity contribution in [1.29, 1.82) is 0 Å². The van der Waals surface area contributed by atoms with E-state index in [2.05, 4.69) is 24.8 Å². The molecule has 0 N–H and O–H groups in total. The normalized spacial score (nSPS) is 18.0. The Balaban J connectivity index is 1.48.